The van der Waals surface area contributed by atoms with E-state index in [0.717, 1.165) is 39.2 Å². The van der Waals surface area contributed by atoms with E-state index in [1.54, 1.807) is 12.1 Å². The Kier molecular flexibility index (Phi) is 11.3. The molecular formula is C57H55GeIrN3S-2. The fourth-order valence-electron chi connectivity index (χ4n) is 8.84. The van der Waals surface area contributed by atoms with E-state index in [2.05, 4.69) is 170 Å². The second kappa shape index (κ2) is 17.9. The number of benzene rings is 7. The summed E-state index contributed by atoms with van der Waals surface area (Å²) in [7, 11) is 0. The first kappa shape index (κ1) is 39.7. The van der Waals surface area contributed by atoms with Gasteiger partial charge in [-0.1, -0.05) is 106 Å². The monoisotopic (exact) mass is 1080 g/mol. The molecule has 63 heavy (non-hydrogen) atoms. The third-order valence-corrected chi connectivity index (χ3v) is 17.3. The van der Waals surface area contributed by atoms with Crippen LogP contribution in [0.1, 0.15) is 87.0 Å². The van der Waals surface area contributed by atoms with Gasteiger partial charge in [-0.05, 0) is 72.8 Å². The summed E-state index contributed by atoms with van der Waals surface area (Å²) in [6, 6.07) is 51.1. The van der Waals surface area contributed by atoms with Gasteiger partial charge in [-0.15, -0.1) is 23.8 Å². The maximum atomic E-state index is 8.49. The third-order valence-electron chi connectivity index (χ3n) is 12.0. The molecular weight excluding hydrogens is 1020 g/mol. The Labute approximate surface area is 399 Å². The maximum absolute atomic E-state index is 8.49. The number of hydrogen-bond donors (Lipinski definition) is 0. The zero-order chi connectivity index (χ0) is 46.9. The van der Waals surface area contributed by atoms with Crippen LogP contribution in [0.25, 0.3) is 81.1 Å². The van der Waals surface area contributed by atoms with Gasteiger partial charge in [0.05, 0.1) is 16.9 Å². The topological polar surface area (TPSA) is 30.7 Å². The van der Waals surface area contributed by atoms with Crippen molar-refractivity contribution in [3.05, 3.63) is 168 Å². The Balaban J connectivity index is 0.000000209. The Bertz CT molecular complexity index is 3420. The van der Waals surface area contributed by atoms with Gasteiger partial charge in [0.15, 0.2) is 0 Å². The summed E-state index contributed by atoms with van der Waals surface area (Å²) >= 11 is -0.295. The number of pyridine rings is 1. The predicted molar refractivity (Wildman–Crippen MR) is 272 cm³/mol. The molecule has 0 spiro atoms. The van der Waals surface area contributed by atoms with Crippen LogP contribution < -0.4 is 4.40 Å². The molecule has 6 heteroatoms. The van der Waals surface area contributed by atoms with Crippen LogP contribution in [0.15, 0.2) is 134 Å². The number of para-hydroxylation sites is 3. The van der Waals surface area contributed by atoms with Crippen LogP contribution in [0, 0.1) is 19.0 Å². The number of fused-ring (bicyclic) bond motifs is 8. The number of thiophene rings is 1. The van der Waals surface area contributed by atoms with Crippen molar-refractivity contribution in [2.24, 2.45) is 0 Å². The van der Waals surface area contributed by atoms with Gasteiger partial charge in [0, 0.05) is 30.5 Å². The molecule has 319 valence electrons. The van der Waals surface area contributed by atoms with E-state index < -0.39 is 26.0 Å². The van der Waals surface area contributed by atoms with Crippen LogP contribution in [0.3, 0.4) is 0 Å². The van der Waals surface area contributed by atoms with Crippen molar-refractivity contribution >= 4 is 81.7 Å². The Hall–Kier alpha value is -4.91. The van der Waals surface area contributed by atoms with Gasteiger partial charge >= 0.3 is 131 Å². The second-order valence-corrected chi connectivity index (χ2v) is 29.9. The molecule has 0 atom stereocenters. The van der Waals surface area contributed by atoms with Gasteiger partial charge in [-0.25, -0.2) is 0 Å². The molecule has 3 heterocycles. The van der Waals surface area contributed by atoms with Gasteiger partial charge in [0.1, 0.15) is 0 Å². The van der Waals surface area contributed by atoms with Crippen LogP contribution in [0.5, 0.6) is 0 Å². The molecule has 0 N–H and O–H groups in total. The van der Waals surface area contributed by atoms with E-state index in [1.807, 2.05) is 37.4 Å². The molecule has 1 radical (unpaired) electrons. The normalized spacial score (nSPS) is 13.3. The van der Waals surface area contributed by atoms with E-state index >= 15 is 0 Å². The first-order valence-electron chi connectivity index (χ1n) is 23.6. The molecule has 0 saturated carbocycles. The molecule has 10 aromatic rings. The number of aromatic nitrogens is 3. The standard InChI is InChI=1S/C39H31N2S.C18H24GeN.Ir/c1-23(2)27-12-9-13-28(24(3)4)38(27)41-34-15-8-7-14-33(34)40-39(41)26-17-20-35-32(22-26)37-31-18-16-25-10-5-6-11-29(25)30(31)19-21-36(37)42-35;1-13(2)16-11-18(15-9-7-14(3)8-10-15)20-12-17(16)19(4,5)6;/h5-16,18-24H,1-4H3;7-9,11-13H,1-6H3;/q2*-1;/i;3D3,13D;. The smallest absolute Gasteiger partial charge is 0 e. The van der Waals surface area contributed by atoms with Crippen molar-refractivity contribution in [3.8, 4) is 28.3 Å². The fraction of sp³-hybridized carbons (Fsp3) is 0.228. The maximum Gasteiger partial charge on any atom is 0 e. The van der Waals surface area contributed by atoms with Gasteiger partial charge in [0.25, 0.3) is 0 Å². The van der Waals surface area contributed by atoms with Crippen molar-refractivity contribution in [1.29, 1.82) is 0 Å². The van der Waals surface area contributed by atoms with Crippen LogP contribution in [-0.4, -0.2) is 27.8 Å². The van der Waals surface area contributed by atoms with Gasteiger partial charge in [-0.3, -0.25) is 4.98 Å². The molecule has 3 nitrogen and oxygen atoms in total. The predicted octanol–water partition coefficient (Wildman–Crippen LogP) is 15.9. The zero-order valence-corrected chi connectivity index (χ0v) is 42.7. The fourth-order valence-corrected chi connectivity index (χ4v) is 13.2. The minimum absolute atomic E-state index is 0. The summed E-state index contributed by atoms with van der Waals surface area (Å²) in [5, 5.41) is 7.76. The molecule has 0 unspecified atom stereocenters. The first-order valence-corrected chi connectivity index (χ1v) is 29.8. The summed E-state index contributed by atoms with van der Waals surface area (Å²) in [6.45, 7) is 10.8. The number of nitrogens with zero attached hydrogens (tertiary/aromatic N) is 3. The minimum Gasteiger partial charge on any atom is 0 e. The first-order chi connectivity index (χ1) is 31.3. The molecule has 0 aliphatic rings. The van der Waals surface area contributed by atoms with Crippen molar-refractivity contribution in [1.82, 2.24) is 14.5 Å². The number of hydrogen-bond acceptors (Lipinski definition) is 3. The average molecular weight is 1080 g/mol. The zero-order valence-electron chi connectivity index (χ0n) is 41.4. The Morgan fingerprint density at radius 2 is 1.38 bits per heavy atom. The Morgan fingerprint density at radius 1 is 0.667 bits per heavy atom. The van der Waals surface area contributed by atoms with E-state index in [0.29, 0.717) is 11.8 Å². The molecule has 10 rings (SSSR count). The average Bonchev–Trinajstić information content (AvgIpc) is 3.86. The Morgan fingerprint density at radius 3 is 2.08 bits per heavy atom. The van der Waals surface area contributed by atoms with E-state index in [1.165, 1.54) is 69.0 Å². The molecule has 0 amide bonds. The van der Waals surface area contributed by atoms with E-state index in [-0.39, 0.29) is 25.7 Å². The molecule has 3 aromatic heterocycles. The third kappa shape index (κ3) is 8.46. The van der Waals surface area contributed by atoms with Crippen molar-refractivity contribution < 1.29 is 25.6 Å². The number of rotatable bonds is 7. The van der Waals surface area contributed by atoms with Crippen LogP contribution in [0.4, 0.5) is 0 Å². The largest absolute Gasteiger partial charge is 0 e. The number of aryl methyl sites for hydroxylation is 1. The van der Waals surface area contributed by atoms with Crippen molar-refractivity contribution in [2.75, 3.05) is 0 Å². The molecule has 0 aliphatic carbocycles. The SMILES string of the molecule is CC(C)c1cccc(C(C)C)c1-n1c(-c2[c-]cc3sc4ccc5c6ccccc6ccc5c4c3c2)nc2ccccc21.[2H]C([2H])([2H])c1c[c-]c(-c2cc(C([2H])(C)C)[c]([Ge]([CH3])([CH3])[CH3])cn2)cc1.[Ir]. The van der Waals surface area contributed by atoms with Crippen molar-refractivity contribution in [2.45, 2.75) is 83.4 Å². The van der Waals surface area contributed by atoms with Crippen molar-refractivity contribution in [3.63, 3.8) is 0 Å². The van der Waals surface area contributed by atoms with Crippen LogP contribution in [0.2, 0.25) is 17.3 Å². The molecule has 0 fully saturated rings. The molecule has 0 bridgehead atoms. The van der Waals surface area contributed by atoms with E-state index in [9.17, 15) is 0 Å². The molecule has 0 aliphatic heterocycles. The van der Waals surface area contributed by atoms with Gasteiger partial charge < -0.3 is 4.57 Å². The quantitative estimate of drug-likeness (QED) is 0.0905. The molecule has 7 aromatic carbocycles. The second-order valence-electron chi connectivity index (χ2n) is 18.3. The minimum atomic E-state index is -2.14. The number of imidazole rings is 1. The van der Waals surface area contributed by atoms with Gasteiger partial charge in [-0.2, -0.15) is 11.3 Å². The summed E-state index contributed by atoms with van der Waals surface area (Å²) in [4.78, 5) is 9.84. The van der Waals surface area contributed by atoms with Crippen LogP contribution in [-0.2, 0) is 20.1 Å². The summed E-state index contributed by atoms with van der Waals surface area (Å²) in [6.07, 6.45) is 1.91. The summed E-state index contributed by atoms with van der Waals surface area (Å²) in [5.41, 5.74) is 9.85. The van der Waals surface area contributed by atoms with Crippen LogP contribution >= 0.6 is 11.3 Å². The molecule has 0 saturated heterocycles. The van der Waals surface area contributed by atoms with Gasteiger partial charge in [0.2, 0.25) is 0 Å². The summed E-state index contributed by atoms with van der Waals surface area (Å²) in [5.74, 6) is 7.88. The van der Waals surface area contributed by atoms with E-state index in [4.69, 9.17) is 10.5 Å². The summed E-state index contributed by atoms with van der Waals surface area (Å²) < 4.78 is 37.0.